The van der Waals surface area contributed by atoms with Gasteiger partial charge in [0.25, 0.3) is 0 Å². The predicted molar refractivity (Wildman–Crippen MR) is 99.8 cm³/mol. The summed E-state index contributed by atoms with van der Waals surface area (Å²) in [5.41, 5.74) is 1.41. The normalized spacial score (nSPS) is 14.9. The number of hydrogen-bond acceptors (Lipinski definition) is 3. The standard InChI is InChI=1S/C21H25FN2O2/c1-24(13-14-26-19-10-6-5-9-18(19)22)15-20(25)23-16-21(11-12-21)17-7-3-2-4-8-17/h2-10H,11-16H2,1H3,(H,23,25). The summed E-state index contributed by atoms with van der Waals surface area (Å²) in [7, 11) is 1.86. The van der Waals surface area contributed by atoms with E-state index in [1.54, 1.807) is 18.2 Å². The van der Waals surface area contributed by atoms with E-state index in [1.807, 2.05) is 30.1 Å². The predicted octanol–water partition coefficient (Wildman–Crippen LogP) is 2.98. The van der Waals surface area contributed by atoms with Crippen LogP contribution < -0.4 is 10.1 Å². The Labute approximate surface area is 154 Å². The van der Waals surface area contributed by atoms with Crippen molar-refractivity contribution in [3.8, 4) is 5.75 Å². The van der Waals surface area contributed by atoms with Gasteiger partial charge in [-0.25, -0.2) is 4.39 Å². The summed E-state index contributed by atoms with van der Waals surface area (Å²) in [5.74, 6) is -0.131. The van der Waals surface area contributed by atoms with Gasteiger partial charge in [-0.1, -0.05) is 42.5 Å². The summed E-state index contributed by atoms with van der Waals surface area (Å²) in [6, 6.07) is 16.7. The minimum Gasteiger partial charge on any atom is -0.489 e. The fraction of sp³-hybridized carbons (Fsp3) is 0.381. The molecule has 0 saturated heterocycles. The van der Waals surface area contributed by atoms with Crippen LogP contribution in [-0.2, 0) is 10.2 Å². The molecule has 26 heavy (non-hydrogen) atoms. The molecule has 0 aromatic heterocycles. The lowest BCUT2D eigenvalue weighted by Crippen LogP contribution is -2.40. The average Bonchev–Trinajstić information content (AvgIpc) is 3.44. The lowest BCUT2D eigenvalue weighted by Gasteiger charge is -2.19. The lowest BCUT2D eigenvalue weighted by atomic mass is 9.96. The molecule has 4 nitrogen and oxygen atoms in total. The van der Waals surface area contributed by atoms with E-state index in [0.29, 0.717) is 26.2 Å². The molecule has 1 saturated carbocycles. The topological polar surface area (TPSA) is 41.6 Å². The number of para-hydroxylation sites is 1. The van der Waals surface area contributed by atoms with Gasteiger partial charge < -0.3 is 10.1 Å². The third-order valence-corrected chi connectivity index (χ3v) is 4.84. The molecule has 0 unspecified atom stereocenters. The van der Waals surface area contributed by atoms with E-state index in [-0.39, 0.29) is 22.9 Å². The van der Waals surface area contributed by atoms with Gasteiger partial charge in [0.05, 0.1) is 6.54 Å². The lowest BCUT2D eigenvalue weighted by molar-refractivity contribution is -0.122. The van der Waals surface area contributed by atoms with Crippen LogP contribution >= 0.6 is 0 Å². The van der Waals surface area contributed by atoms with Crippen LogP contribution in [0.1, 0.15) is 18.4 Å². The minimum absolute atomic E-state index is 0.000554. The van der Waals surface area contributed by atoms with Crippen LogP contribution in [0, 0.1) is 5.82 Å². The zero-order valence-electron chi connectivity index (χ0n) is 15.1. The quantitative estimate of drug-likeness (QED) is 0.751. The zero-order valence-corrected chi connectivity index (χ0v) is 15.1. The summed E-state index contributed by atoms with van der Waals surface area (Å²) in [4.78, 5) is 14.1. The highest BCUT2D eigenvalue weighted by molar-refractivity contribution is 5.78. The molecule has 138 valence electrons. The molecule has 1 aliphatic carbocycles. The molecule has 1 fully saturated rings. The number of carbonyl (C=O) groups excluding carboxylic acids is 1. The number of rotatable bonds is 9. The van der Waals surface area contributed by atoms with Crippen molar-refractivity contribution < 1.29 is 13.9 Å². The van der Waals surface area contributed by atoms with Crippen molar-refractivity contribution in [2.45, 2.75) is 18.3 Å². The van der Waals surface area contributed by atoms with Crippen molar-refractivity contribution >= 4 is 5.91 Å². The monoisotopic (exact) mass is 356 g/mol. The first-order chi connectivity index (χ1) is 12.6. The van der Waals surface area contributed by atoms with Gasteiger partial charge in [-0.15, -0.1) is 0 Å². The maximum absolute atomic E-state index is 13.5. The van der Waals surface area contributed by atoms with Crippen LogP contribution in [0.5, 0.6) is 5.75 Å². The Morgan fingerprint density at radius 3 is 2.54 bits per heavy atom. The molecule has 3 rings (SSSR count). The molecule has 5 heteroatoms. The maximum atomic E-state index is 13.5. The van der Waals surface area contributed by atoms with Crippen molar-refractivity contribution in [3.63, 3.8) is 0 Å². The Hall–Kier alpha value is -2.40. The van der Waals surface area contributed by atoms with Crippen LogP contribution in [0.4, 0.5) is 4.39 Å². The summed E-state index contributed by atoms with van der Waals surface area (Å²) in [6.45, 7) is 1.85. The minimum atomic E-state index is -0.372. The average molecular weight is 356 g/mol. The number of amides is 1. The third kappa shape index (κ3) is 4.82. The first-order valence-corrected chi connectivity index (χ1v) is 8.97. The Kier molecular flexibility index (Phi) is 5.89. The number of nitrogens with zero attached hydrogens (tertiary/aromatic N) is 1. The van der Waals surface area contributed by atoms with E-state index in [1.165, 1.54) is 11.6 Å². The molecule has 1 amide bonds. The van der Waals surface area contributed by atoms with Gasteiger partial charge in [0.15, 0.2) is 11.6 Å². The third-order valence-electron chi connectivity index (χ3n) is 4.84. The number of ether oxygens (including phenoxy) is 1. The molecule has 2 aromatic carbocycles. The van der Waals surface area contributed by atoms with E-state index < -0.39 is 0 Å². The van der Waals surface area contributed by atoms with Gasteiger partial charge in [-0.3, -0.25) is 9.69 Å². The largest absolute Gasteiger partial charge is 0.489 e. The molecule has 0 spiro atoms. The maximum Gasteiger partial charge on any atom is 0.234 e. The van der Waals surface area contributed by atoms with Crippen LogP contribution in [0.15, 0.2) is 54.6 Å². The van der Waals surface area contributed by atoms with Crippen LogP contribution in [0.25, 0.3) is 0 Å². The number of nitrogens with one attached hydrogen (secondary N) is 1. The molecule has 0 radical (unpaired) electrons. The number of likely N-dealkylation sites (N-methyl/N-ethyl adjacent to an activating group) is 1. The second-order valence-electron chi connectivity index (χ2n) is 6.94. The first kappa shape index (κ1) is 18.4. The van der Waals surface area contributed by atoms with Gasteiger partial charge in [0, 0.05) is 18.5 Å². The first-order valence-electron chi connectivity index (χ1n) is 8.97. The van der Waals surface area contributed by atoms with Crippen LogP contribution in [0.3, 0.4) is 0 Å². The summed E-state index contributed by atoms with van der Waals surface area (Å²) < 4.78 is 18.9. The highest BCUT2D eigenvalue weighted by atomic mass is 19.1. The summed E-state index contributed by atoms with van der Waals surface area (Å²) in [5, 5.41) is 3.05. The molecule has 0 bridgehead atoms. The molecular weight excluding hydrogens is 331 g/mol. The van der Waals surface area contributed by atoms with Crippen molar-refractivity contribution in [3.05, 3.63) is 66.0 Å². The van der Waals surface area contributed by atoms with E-state index in [2.05, 4.69) is 17.4 Å². The molecule has 0 aliphatic heterocycles. The Bertz CT molecular complexity index is 732. The van der Waals surface area contributed by atoms with Crippen molar-refractivity contribution in [1.29, 1.82) is 0 Å². The molecule has 1 aliphatic rings. The van der Waals surface area contributed by atoms with E-state index in [9.17, 15) is 9.18 Å². The SMILES string of the molecule is CN(CCOc1ccccc1F)CC(=O)NCC1(c2ccccc2)CC1. The van der Waals surface area contributed by atoms with Crippen molar-refractivity contribution in [2.24, 2.45) is 0 Å². The van der Waals surface area contributed by atoms with Crippen molar-refractivity contribution in [1.82, 2.24) is 10.2 Å². The van der Waals surface area contributed by atoms with E-state index >= 15 is 0 Å². The smallest absolute Gasteiger partial charge is 0.234 e. The Morgan fingerprint density at radius 2 is 1.85 bits per heavy atom. The number of benzene rings is 2. The summed E-state index contributed by atoms with van der Waals surface area (Å²) >= 11 is 0. The van der Waals surface area contributed by atoms with E-state index in [0.717, 1.165) is 12.8 Å². The van der Waals surface area contributed by atoms with Crippen molar-refractivity contribution in [2.75, 3.05) is 33.3 Å². The highest BCUT2D eigenvalue weighted by Gasteiger charge is 2.44. The number of halogens is 1. The van der Waals surface area contributed by atoms with E-state index in [4.69, 9.17) is 4.74 Å². The second-order valence-corrected chi connectivity index (χ2v) is 6.94. The van der Waals surface area contributed by atoms with Gasteiger partial charge in [0.2, 0.25) is 5.91 Å². The summed E-state index contributed by atoms with van der Waals surface area (Å²) in [6.07, 6.45) is 2.23. The molecular formula is C21H25FN2O2. The fourth-order valence-electron chi connectivity index (χ4n) is 3.03. The zero-order chi connectivity index (χ0) is 18.4. The highest BCUT2D eigenvalue weighted by Crippen LogP contribution is 2.47. The Balaban J connectivity index is 1.37. The molecule has 0 atom stereocenters. The van der Waals surface area contributed by atoms with Crippen LogP contribution in [0.2, 0.25) is 0 Å². The van der Waals surface area contributed by atoms with Gasteiger partial charge in [-0.05, 0) is 37.6 Å². The molecule has 0 heterocycles. The van der Waals surface area contributed by atoms with Gasteiger partial charge in [-0.2, -0.15) is 0 Å². The van der Waals surface area contributed by atoms with Gasteiger partial charge >= 0.3 is 0 Å². The molecule has 1 N–H and O–H groups in total. The number of carbonyl (C=O) groups is 1. The fourth-order valence-corrected chi connectivity index (χ4v) is 3.03. The van der Waals surface area contributed by atoms with Gasteiger partial charge in [0.1, 0.15) is 6.61 Å². The second kappa shape index (κ2) is 8.32. The van der Waals surface area contributed by atoms with Crippen LogP contribution in [-0.4, -0.2) is 44.1 Å². The number of hydrogen-bond donors (Lipinski definition) is 1. The Morgan fingerprint density at radius 1 is 1.15 bits per heavy atom. The molecule has 2 aromatic rings.